The fourth-order valence-electron chi connectivity index (χ4n) is 3.31. The van der Waals surface area contributed by atoms with E-state index >= 15 is 0 Å². The van der Waals surface area contributed by atoms with E-state index in [0.717, 1.165) is 4.57 Å². The van der Waals surface area contributed by atoms with Crippen LogP contribution >= 0.6 is 0 Å². The molecule has 0 bridgehead atoms. The van der Waals surface area contributed by atoms with Crippen molar-refractivity contribution in [3.8, 4) is 11.8 Å². The molecule has 2 aliphatic rings. The van der Waals surface area contributed by atoms with Crippen molar-refractivity contribution in [2.75, 3.05) is 0 Å². The summed E-state index contributed by atoms with van der Waals surface area (Å²) in [6.07, 6.45) is 4.83. The van der Waals surface area contributed by atoms with Crippen LogP contribution in [0, 0.1) is 17.1 Å². The fourth-order valence-corrected chi connectivity index (χ4v) is 3.31. The monoisotopic (exact) mass is 339 g/mol. The Morgan fingerprint density at radius 3 is 2.56 bits per heavy atom. The second kappa shape index (κ2) is 5.41. The van der Waals surface area contributed by atoms with E-state index in [1.165, 1.54) is 30.5 Å². The van der Waals surface area contributed by atoms with Crippen LogP contribution in [-0.2, 0) is 6.54 Å². The van der Waals surface area contributed by atoms with Crippen LogP contribution in [0.25, 0.3) is 0 Å². The first-order valence-corrected chi connectivity index (χ1v) is 7.71. The number of nitrogens with one attached hydrogen (secondary N) is 1. The zero-order valence-electron chi connectivity index (χ0n) is 13.0. The van der Waals surface area contributed by atoms with E-state index in [-0.39, 0.29) is 29.3 Å². The summed E-state index contributed by atoms with van der Waals surface area (Å²) in [5, 5.41) is 29.3. The highest BCUT2D eigenvalue weighted by Gasteiger charge is 2.44. The van der Waals surface area contributed by atoms with E-state index in [1.54, 1.807) is 12.2 Å². The maximum absolute atomic E-state index is 13.0. The van der Waals surface area contributed by atoms with Gasteiger partial charge in [-0.3, -0.25) is 14.4 Å². The van der Waals surface area contributed by atoms with Gasteiger partial charge in [0, 0.05) is 12.1 Å². The van der Waals surface area contributed by atoms with E-state index < -0.39 is 29.4 Å². The van der Waals surface area contributed by atoms with Gasteiger partial charge in [0.05, 0.1) is 23.4 Å². The number of halogens is 1. The lowest BCUT2D eigenvalue weighted by molar-refractivity contribution is 0.0946. The van der Waals surface area contributed by atoms with Gasteiger partial charge in [-0.2, -0.15) is 0 Å². The number of fused-ring (bicyclic) bond motifs is 2. The molecule has 0 saturated heterocycles. The maximum Gasteiger partial charge on any atom is 0.206 e. The molecule has 1 aliphatic heterocycles. The Labute approximate surface area is 142 Å². The largest absolute Gasteiger partial charge is 0.494 e. The topological polar surface area (TPSA) is 98.7 Å². The highest BCUT2D eigenvalue weighted by Crippen LogP contribution is 2.42. The number of ketones is 1. The van der Waals surface area contributed by atoms with Crippen LogP contribution in [0.4, 0.5) is 4.39 Å². The molecule has 2 unspecified atom stereocenters. The number of benzene rings is 1. The Balaban J connectivity index is 1.82. The number of nitrogens with zero attached hydrogens (tertiary/aromatic N) is 2. The average Bonchev–Trinajstić information content (AvgIpc) is 2.86. The molecule has 25 heavy (non-hydrogen) atoms. The minimum atomic E-state index is -0.794. The van der Waals surface area contributed by atoms with E-state index in [1.807, 2.05) is 0 Å². The molecule has 3 N–H and O–H groups in total. The fraction of sp³-hybridized carbons (Fsp3) is 0.167. The summed E-state index contributed by atoms with van der Waals surface area (Å²) in [5.41, 5.74) is 0.623. The quantitative estimate of drug-likeness (QED) is 0.783. The molecule has 1 aromatic heterocycles. The predicted octanol–water partition coefficient (Wildman–Crippen LogP) is 2.28. The first-order chi connectivity index (χ1) is 12.0. The van der Waals surface area contributed by atoms with Gasteiger partial charge in [-0.15, -0.1) is 0 Å². The summed E-state index contributed by atoms with van der Waals surface area (Å²) in [6.45, 7) is 0.0416. The molecule has 0 amide bonds. The molecule has 126 valence electrons. The Morgan fingerprint density at radius 1 is 1.16 bits per heavy atom. The van der Waals surface area contributed by atoms with Gasteiger partial charge in [0.1, 0.15) is 11.9 Å². The minimum absolute atomic E-state index is 0.0348. The van der Waals surface area contributed by atoms with Gasteiger partial charge in [0.25, 0.3) is 0 Å². The Bertz CT molecular complexity index is 903. The van der Waals surface area contributed by atoms with Crippen LogP contribution in [-0.4, -0.2) is 38.5 Å². The SMILES string of the molecule is N=C1c2c(c(O)n(Cc3ccc(F)cc3)c2O)C(=O)C2N=CC=CC12. The zero-order valence-corrected chi connectivity index (χ0v) is 13.0. The van der Waals surface area contributed by atoms with Crippen LogP contribution in [0.1, 0.15) is 21.5 Å². The number of hydrogen-bond acceptors (Lipinski definition) is 5. The number of hydrogen-bond donors (Lipinski definition) is 3. The van der Waals surface area contributed by atoms with Gasteiger partial charge in [0.15, 0.2) is 5.78 Å². The van der Waals surface area contributed by atoms with Gasteiger partial charge in [-0.1, -0.05) is 18.2 Å². The van der Waals surface area contributed by atoms with E-state index in [9.17, 15) is 19.4 Å². The van der Waals surface area contributed by atoms with Crippen molar-refractivity contribution in [2.45, 2.75) is 12.6 Å². The maximum atomic E-state index is 13.0. The molecule has 2 atom stereocenters. The lowest BCUT2D eigenvalue weighted by Gasteiger charge is -2.27. The Hall–Kier alpha value is -3.22. The van der Waals surface area contributed by atoms with Crippen LogP contribution in [0.3, 0.4) is 0 Å². The standard InChI is InChI=1S/C18H14FN3O3/c19-10-5-3-9(4-6-10)8-22-17(24)12-13(18(22)25)16(23)15-11(14(12)20)2-1-7-21-15/h1-7,11,15,20,24-25H,8H2. The minimum Gasteiger partial charge on any atom is -0.494 e. The first-order valence-electron chi connectivity index (χ1n) is 7.71. The molecular weight excluding hydrogens is 325 g/mol. The van der Waals surface area contributed by atoms with Crippen LogP contribution < -0.4 is 0 Å². The molecule has 2 aromatic rings. The molecule has 7 heteroatoms. The van der Waals surface area contributed by atoms with Crippen LogP contribution in [0.5, 0.6) is 11.8 Å². The van der Waals surface area contributed by atoms with Gasteiger partial charge >= 0.3 is 0 Å². The molecule has 6 nitrogen and oxygen atoms in total. The van der Waals surface area contributed by atoms with Crippen LogP contribution in [0.15, 0.2) is 41.4 Å². The molecule has 4 rings (SSSR count). The number of carbonyl (C=O) groups excluding carboxylic acids is 1. The van der Waals surface area contributed by atoms with E-state index in [4.69, 9.17) is 5.41 Å². The van der Waals surface area contributed by atoms with Crippen molar-refractivity contribution < 1.29 is 19.4 Å². The lowest BCUT2D eigenvalue weighted by atomic mass is 9.78. The molecule has 2 heterocycles. The summed E-state index contributed by atoms with van der Waals surface area (Å²) in [4.78, 5) is 16.8. The highest BCUT2D eigenvalue weighted by atomic mass is 19.1. The summed E-state index contributed by atoms with van der Waals surface area (Å²) in [6, 6.07) is 4.79. The number of rotatable bonds is 2. The second-order valence-corrected chi connectivity index (χ2v) is 6.04. The lowest BCUT2D eigenvalue weighted by Crippen LogP contribution is -2.39. The third-order valence-corrected chi connectivity index (χ3v) is 4.57. The Morgan fingerprint density at radius 2 is 1.84 bits per heavy atom. The van der Waals surface area contributed by atoms with Crippen molar-refractivity contribution in [3.05, 3.63) is 58.9 Å². The number of aromatic hydroxyl groups is 2. The third-order valence-electron chi connectivity index (χ3n) is 4.57. The van der Waals surface area contributed by atoms with Gasteiger partial charge < -0.3 is 15.6 Å². The van der Waals surface area contributed by atoms with Crippen molar-refractivity contribution >= 4 is 17.7 Å². The number of carbonyl (C=O) groups is 1. The van der Waals surface area contributed by atoms with Crippen molar-refractivity contribution in [1.82, 2.24) is 4.57 Å². The smallest absolute Gasteiger partial charge is 0.206 e. The van der Waals surface area contributed by atoms with Crippen molar-refractivity contribution in [2.24, 2.45) is 10.9 Å². The normalized spacial score (nSPS) is 21.3. The van der Waals surface area contributed by atoms with E-state index in [0.29, 0.717) is 5.56 Å². The molecule has 1 aromatic carbocycles. The summed E-state index contributed by atoms with van der Waals surface area (Å²) < 4.78 is 14.2. The van der Waals surface area contributed by atoms with Crippen molar-refractivity contribution in [1.29, 1.82) is 5.41 Å². The number of aromatic nitrogens is 1. The molecule has 0 fully saturated rings. The van der Waals surface area contributed by atoms with Crippen LogP contribution in [0.2, 0.25) is 0 Å². The molecule has 0 spiro atoms. The molecule has 0 radical (unpaired) electrons. The number of Topliss-reactive ketones (excluding diaryl/α,β-unsaturated/α-hetero) is 1. The average molecular weight is 339 g/mol. The summed E-state index contributed by atoms with van der Waals surface area (Å²) in [7, 11) is 0. The highest BCUT2D eigenvalue weighted by molar-refractivity contribution is 6.22. The summed E-state index contributed by atoms with van der Waals surface area (Å²) >= 11 is 0. The number of aliphatic imine (C=N–C) groups is 1. The van der Waals surface area contributed by atoms with Gasteiger partial charge in [0.2, 0.25) is 11.8 Å². The molecule has 0 saturated carbocycles. The number of dihydropyridines is 1. The van der Waals surface area contributed by atoms with Crippen molar-refractivity contribution in [3.63, 3.8) is 0 Å². The third kappa shape index (κ3) is 2.20. The second-order valence-electron chi connectivity index (χ2n) is 6.04. The summed E-state index contributed by atoms with van der Waals surface area (Å²) in [5.74, 6) is -2.14. The van der Waals surface area contributed by atoms with Gasteiger partial charge in [-0.25, -0.2) is 4.39 Å². The molecule has 1 aliphatic carbocycles. The predicted molar refractivity (Wildman–Crippen MR) is 89.3 cm³/mol. The van der Waals surface area contributed by atoms with E-state index in [2.05, 4.69) is 4.99 Å². The first kappa shape index (κ1) is 15.3. The molecular formula is C18H14FN3O3. The number of allylic oxidation sites excluding steroid dienone is 1. The zero-order chi connectivity index (χ0) is 17.7. The Kier molecular flexibility index (Phi) is 3.31. The van der Waals surface area contributed by atoms with Gasteiger partial charge in [-0.05, 0) is 23.8 Å².